The van der Waals surface area contributed by atoms with Crippen LogP contribution in [0.1, 0.15) is 35.4 Å². The van der Waals surface area contributed by atoms with Gasteiger partial charge in [0.15, 0.2) is 0 Å². The van der Waals surface area contributed by atoms with Crippen molar-refractivity contribution in [1.29, 1.82) is 0 Å². The molecule has 0 saturated carbocycles. The van der Waals surface area contributed by atoms with Crippen molar-refractivity contribution in [2.24, 2.45) is 0 Å². The quantitative estimate of drug-likeness (QED) is 0.813. The maximum absolute atomic E-state index is 12.6. The molecule has 0 bridgehead atoms. The minimum Gasteiger partial charge on any atom is -0.444 e. The van der Waals surface area contributed by atoms with Gasteiger partial charge < -0.3 is 9.64 Å². The van der Waals surface area contributed by atoms with Crippen LogP contribution in [0.2, 0.25) is 0 Å². The van der Waals surface area contributed by atoms with E-state index in [1.807, 2.05) is 37.3 Å². The lowest BCUT2D eigenvalue weighted by atomic mass is 10.1. The number of para-hydroxylation sites is 1. The van der Waals surface area contributed by atoms with E-state index in [0.717, 1.165) is 17.7 Å². The van der Waals surface area contributed by atoms with Gasteiger partial charge in [0.25, 0.3) is 5.91 Å². The predicted octanol–water partition coefficient (Wildman–Crippen LogP) is 3.34. The first kappa shape index (κ1) is 14.3. The van der Waals surface area contributed by atoms with Gasteiger partial charge in [-0.05, 0) is 24.6 Å². The second kappa shape index (κ2) is 6.02. The summed E-state index contributed by atoms with van der Waals surface area (Å²) < 4.78 is 5.48. The summed E-state index contributed by atoms with van der Waals surface area (Å²) in [5.74, 6) is -0.653. The van der Waals surface area contributed by atoms with Gasteiger partial charge in [0, 0.05) is 12.1 Å². The number of rotatable bonds is 4. The average molecular weight is 295 g/mol. The molecule has 0 saturated heterocycles. The first-order valence-corrected chi connectivity index (χ1v) is 7.38. The summed E-state index contributed by atoms with van der Waals surface area (Å²) in [6.45, 7) is 2.63. The molecular formula is C18H17NO3. The summed E-state index contributed by atoms with van der Waals surface area (Å²) in [5, 5.41) is 0. The summed E-state index contributed by atoms with van der Waals surface area (Å²) in [6.07, 6.45) is -0.00478. The number of carbonyl (C=O) groups is 2. The van der Waals surface area contributed by atoms with Crippen LogP contribution in [0.3, 0.4) is 0 Å². The minimum atomic E-state index is -0.851. The fourth-order valence-corrected chi connectivity index (χ4v) is 2.67. The van der Waals surface area contributed by atoms with Gasteiger partial charge >= 0.3 is 5.97 Å². The third-order valence-electron chi connectivity index (χ3n) is 3.68. The molecule has 1 heterocycles. The first-order valence-electron chi connectivity index (χ1n) is 7.38. The molecule has 2 aromatic rings. The molecule has 4 nitrogen and oxygen atoms in total. The summed E-state index contributed by atoms with van der Waals surface area (Å²) >= 11 is 0. The zero-order valence-electron chi connectivity index (χ0n) is 12.4. The topological polar surface area (TPSA) is 46.6 Å². The first-order chi connectivity index (χ1) is 10.7. The Bertz CT molecular complexity index is 696. The van der Waals surface area contributed by atoms with Crippen molar-refractivity contribution in [2.75, 3.05) is 11.4 Å². The average Bonchev–Trinajstić information content (AvgIpc) is 2.82. The molecule has 3 rings (SSSR count). The number of hydrogen-bond donors (Lipinski definition) is 0. The van der Waals surface area contributed by atoms with Crippen molar-refractivity contribution < 1.29 is 14.3 Å². The van der Waals surface area contributed by atoms with Crippen LogP contribution in [0.15, 0.2) is 54.6 Å². The smallest absolute Gasteiger partial charge is 0.339 e. The zero-order valence-corrected chi connectivity index (χ0v) is 12.4. The van der Waals surface area contributed by atoms with Gasteiger partial charge in [0.05, 0.1) is 11.3 Å². The van der Waals surface area contributed by atoms with E-state index < -0.39 is 12.1 Å². The van der Waals surface area contributed by atoms with E-state index in [-0.39, 0.29) is 5.91 Å². The van der Waals surface area contributed by atoms with Gasteiger partial charge in [-0.15, -0.1) is 0 Å². The van der Waals surface area contributed by atoms with Crippen LogP contribution in [0.25, 0.3) is 0 Å². The van der Waals surface area contributed by atoms with Gasteiger partial charge in [0.1, 0.15) is 0 Å². The molecule has 112 valence electrons. The minimum absolute atomic E-state index is 0.174. The second-order valence-corrected chi connectivity index (χ2v) is 5.20. The maximum Gasteiger partial charge on any atom is 0.339 e. The Labute approximate surface area is 129 Å². The number of carbonyl (C=O) groups excluding carboxylic acids is 2. The van der Waals surface area contributed by atoms with Gasteiger partial charge in [0.2, 0.25) is 6.10 Å². The molecule has 1 aliphatic heterocycles. The summed E-state index contributed by atoms with van der Waals surface area (Å²) in [5.41, 5.74) is 2.03. The lowest BCUT2D eigenvalue weighted by Gasteiger charge is -2.16. The molecule has 0 aliphatic carbocycles. The lowest BCUT2D eigenvalue weighted by Crippen LogP contribution is -2.31. The molecule has 22 heavy (non-hydrogen) atoms. The number of ether oxygens (including phenoxy) is 1. The summed E-state index contributed by atoms with van der Waals surface area (Å²) in [7, 11) is 0. The molecule has 2 aromatic carbocycles. The highest BCUT2D eigenvalue weighted by Gasteiger charge is 2.39. The van der Waals surface area contributed by atoms with Crippen LogP contribution in [0, 0.1) is 0 Å². The number of benzene rings is 2. The van der Waals surface area contributed by atoms with E-state index in [9.17, 15) is 9.59 Å². The summed E-state index contributed by atoms with van der Waals surface area (Å²) in [4.78, 5) is 26.5. The normalized spacial score (nSPS) is 16.5. The van der Waals surface area contributed by atoms with E-state index in [4.69, 9.17) is 4.74 Å². The fourth-order valence-electron chi connectivity index (χ4n) is 2.67. The lowest BCUT2D eigenvalue weighted by molar-refractivity contribution is -0.126. The van der Waals surface area contributed by atoms with E-state index in [0.29, 0.717) is 12.1 Å². The summed E-state index contributed by atoms with van der Waals surface area (Å²) in [6, 6.07) is 16.2. The highest BCUT2D eigenvalue weighted by atomic mass is 16.5. The number of nitrogens with zero attached hydrogens (tertiary/aromatic N) is 1. The van der Waals surface area contributed by atoms with Crippen molar-refractivity contribution in [3.8, 4) is 0 Å². The standard InChI is InChI=1S/C18H17NO3/c1-2-12-19-15-11-7-6-10-14(15)16(17(19)20)22-18(21)13-8-4-3-5-9-13/h3-11,16H,2,12H2,1H3. The van der Waals surface area contributed by atoms with E-state index in [1.54, 1.807) is 29.2 Å². The molecule has 1 amide bonds. The zero-order chi connectivity index (χ0) is 15.5. The Balaban J connectivity index is 1.88. The SMILES string of the molecule is CCCN1C(=O)C(OC(=O)c2ccccc2)c2ccccc21. The van der Waals surface area contributed by atoms with Crippen LogP contribution < -0.4 is 4.90 Å². The maximum atomic E-state index is 12.6. The van der Waals surface area contributed by atoms with E-state index in [1.165, 1.54) is 0 Å². The molecule has 1 atom stereocenters. The Morgan fingerprint density at radius 3 is 2.50 bits per heavy atom. The Morgan fingerprint density at radius 1 is 1.09 bits per heavy atom. The number of amides is 1. The van der Waals surface area contributed by atoms with E-state index in [2.05, 4.69) is 0 Å². The van der Waals surface area contributed by atoms with Crippen molar-refractivity contribution in [2.45, 2.75) is 19.4 Å². The van der Waals surface area contributed by atoms with E-state index >= 15 is 0 Å². The third kappa shape index (κ3) is 2.48. The molecule has 0 N–H and O–H groups in total. The molecule has 0 spiro atoms. The molecular weight excluding hydrogens is 278 g/mol. The fraction of sp³-hybridized carbons (Fsp3) is 0.222. The Kier molecular flexibility index (Phi) is 3.92. The van der Waals surface area contributed by atoms with Crippen LogP contribution in [-0.4, -0.2) is 18.4 Å². The second-order valence-electron chi connectivity index (χ2n) is 5.20. The van der Waals surface area contributed by atoms with Crippen LogP contribution in [-0.2, 0) is 9.53 Å². The van der Waals surface area contributed by atoms with Crippen molar-refractivity contribution in [3.63, 3.8) is 0 Å². The van der Waals surface area contributed by atoms with Crippen molar-refractivity contribution in [3.05, 3.63) is 65.7 Å². The van der Waals surface area contributed by atoms with Gasteiger partial charge in [-0.1, -0.05) is 43.3 Å². The van der Waals surface area contributed by atoms with Gasteiger partial charge in [-0.3, -0.25) is 4.79 Å². The predicted molar refractivity (Wildman–Crippen MR) is 83.7 cm³/mol. The number of fused-ring (bicyclic) bond motifs is 1. The molecule has 0 radical (unpaired) electrons. The van der Waals surface area contributed by atoms with Crippen LogP contribution in [0.4, 0.5) is 5.69 Å². The molecule has 1 aliphatic rings. The third-order valence-corrected chi connectivity index (χ3v) is 3.68. The molecule has 1 unspecified atom stereocenters. The number of esters is 1. The highest BCUT2D eigenvalue weighted by molar-refractivity contribution is 6.05. The molecule has 4 heteroatoms. The van der Waals surface area contributed by atoms with Crippen molar-refractivity contribution >= 4 is 17.6 Å². The molecule has 0 aromatic heterocycles. The van der Waals surface area contributed by atoms with Crippen LogP contribution >= 0.6 is 0 Å². The van der Waals surface area contributed by atoms with Gasteiger partial charge in [-0.2, -0.15) is 0 Å². The molecule has 0 fully saturated rings. The van der Waals surface area contributed by atoms with Crippen molar-refractivity contribution in [1.82, 2.24) is 0 Å². The number of hydrogen-bond acceptors (Lipinski definition) is 3. The monoisotopic (exact) mass is 295 g/mol. The highest BCUT2D eigenvalue weighted by Crippen LogP contribution is 2.38. The van der Waals surface area contributed by atoms with Gasteiger partial charge in [-0.25, -0.2) is 4.79 Å². The van der Waals surface area contributed by atoms with Crippen LogP contribution in [0.5, 0.6) is 0 Å². The Morgan fingerprint density at radius 2 is 1.77 bits per heavy atom. The number of anilines is 1. The Hall–Kier alpha value is -2.62. The largest absolute Gasteiger partial charge is 0.444 e.